The molecule has 0 bridgehead atoms. The van der Waals surface area contributed by atoms with Gasteiger partial charge in [0.2, 0.25) is 0 Å². The van der Waals surface area contributed by atoms with Crippen molar-refractivity contribution in [1.82, 2.24) is 4.98 Å². The molecule has 1 aromatic heterocycles. The summed E-state index contributed by atoms with van der Waals surface area (Å²) < 4.78 is 0.938. The summed E-state index contributed by atoms with van der Waals surface area (Å²) in [5.41, 5.74) is 12.8. The lowest BCUT2D eigenvalue weighted by Gasteiger charge is -2.13. The smallest absolute Gasteiger partial charge is 0.128 e. The molecule has 76 valence electrons. The number of nitrogens with two attached hydrogens (primary N) is 2. The number of halogens is 1. The minimum absolute atomic E-state index is 0.0347. The molecule has 1 aliphatic carbocycles. The van der Waals surface area contributed by atoms with Crippen LogP contribution < -0.4 is 11.5 Å². The minimum Gasteiger partial charge on any atom is -0.383 e. The van der Waals surface area contributed by atoms with Crippen LogP contribution in [-0.2, 0) is 0 Å². The lowest BCUT2D eigenvalue weighted by Crippen LogP contribution is -2.14. The molecule has 1 heterocycles. The fraction of sp³-hybridized carbons (Fsp3) is 0.500. The number of nitrogen functional groups attached to an aromatic ring is 1. The van der Waals surface area contributed by atoms with E-state index in [2.05, 4.69) is 20.9 Å². The van der Waals surface area contributed by atoms with Gasteiger partial charge in [-0.15, -0.1) is 0 Å². The van der Waals surface area contributed by atoms with Gasteiger partial charge >= 0.3 is 0 Å². The van der Waals surface area contributed by atoms with E-state index in [4.69, 9.17) is 11.5 Å². The molecule has 0 amide bonds. The van der Waals surface area contributed by atoms with Crippen molar-refractivity contribution < 1.29 is 0 Å². The van der Waals surface area contributed by atoms with Gasteiger partial charge < -0.3 is 11.5 Å². The highest BCUT2D eigenvalue weighted by Crippen LogP contribution is 2.37. The lowest BCUT2D eigenvalue weighted by molar-refractivity contribution is 0.597. The SMILES string of the molecule is Nc1ncc(Br)cc1C(N)CC1CC1. The maximum Gasteiger partial charge on any atom is 0.128 e. The average molecular weight is 256 g/mol. The lowest BCUT2D eigenvalue weighted by atomic mass is 10.0. The van der Waals surface area contributed by atoms with Crippen LogP contribution in [0.2, 0.25) is 0 Å². The van der Waals surface area contributed by atoms with E-state index in [1.54, 1.807) is 6.20 Å². The molecule has 1 unspecified atom stereocenters. The molecule has 4 N–H and O–H groups in total. The number of hydrogen-bond acceptors (Lipinski definition) is 3. The summed E-state index contributed by atoms with van der Waals surface area (Å²) in [7, 11) is 0. The van der Waals surface area contributed by atoms with Gasteiger partial charge in [-0.25, -0.2) is 4.98 Å². The molecular weight excluding hydrogens is 242 g/mol. The van der Waals surface area contributed by atoms with Crippen molar-refractivity contribution in [2.24, 2.45) is 11.7 Å². The molecule has 0 saturated heterocycles. The van der Waals surface area contributed by atoms with Crippen molar-refractivity contribution in [3.8, 4) is 0 Å². The summed E-state index contributed by atoms with van der Waals surface area (Å²) in [6.07, 6.45) is 5.36. The van der Waals surface area contributed by atoms with E-state index < -0.39 is 0 Å². The third-order valence-electron chi connectivity index (χ3n) is 2.60. The first-order valence-electron chi connectivity index (χ1n) is 4.83. The van der Waals surface area contributed by atoms with Gasteiger partial charge in [0, 0.05) is 22.3 Å². The topological polar surface area (TPSA) is 64.9 Å². The van der Waals surface area contributed by atoms with Crippen molar-refractivity contribution in [2.75, 3.05) is 5.73 Å². The number of nitrogens with zero attached hydrogens (tertiary/aromatic N) is 1. The highest BCUT2D eigenvalue weighted by molar-refractivity contribution is 9.10. The molecule has 1 aromatic rings. The number of rotatable bonds is 3. The molecule has 3 nitrogen and oxygen atoms in total. The summed E-state index contributed by atoms with van der Waals surface area (Å²) in [6, 6.07) is 2.00. The van der Waals surface area contributed by atoms with Crippen LogP contribution in [0.4, 0.5) is 5.82 Å². The van der Waals surface area contributed by atoms with E-state index in [-0.39, 0.29) is 6.04 Å². The number of aromatic nitrogens is 1. The Hall–Kier alpha value is -0.610. The number of pyridine rings is 1. The molecule has 0 aliphatic heterocycles. The quantitative estimate of drug-likeness (QED) is 0.871. The van der Waals surface area contributed by atoms with Crippen molar-refractivity contribution in [1.29, 1.82) is 0 Å². The summed E-state index contributed by atoms with van der Waals surface area (Å²) in [5, 5.41) is 0. The first-order chi connectivity index (χ1) is 6.66. The van der Waals surface area contributed by atoms with Crippen LogP contribution in [0.1, 0.15) is 30.9 Å². The molecule has 0 aromatic carbocycles. The Balaban J connectivity index is 2.15. The van der Waals surface area contributed by atoms with Crippen molar-refractivity contribution in [2.45, 2.75) is 25.3 Å². The molecule has 0 spiro atoms. The molecule has 14 heavy (non-hydrogen) atoms. The fourth-order valence-electron chi connectivity index (χ4n) is 1.60. The average Bonchev–Trinajstić information content (AvgIpc) is 2.93. The maximum atomic E-state index is 6.06. The second-order valence-corrected chi connectivity index (χ2v) is 4.83. The van der Waals surface area contributed by atoms with E-state index in [1.165, 1.54) is 12.8 Å². The Kier molecular flexibility index (Phi) is 2.74. The van der Waals surface area contributed by atoms with Gasteiger partial charge in [-0.1, -0.05) is 12.8 Å². The molecular formula is C10H14BrN3. The predicted octanol–water partition coefficient (Wildman–Crippen LogP) is 2.23. The van der Waals surface area contributed by atoms with Gasteiger partial charge in [0.1, 0.15) is 5.82 Å². The van der Waals surface area contributed by atoms with Crippen LogP contribution in [0.25, 0.3) is 0 Å². The van der Waals surface area contributed by atoms with Crippen molar-refractivity contribution in [3.63, 3.8) is 0 Å². The largest absolute Gasteiger partial charge is 0.383 e. The molecule has 4 heteroatoms. The van der Waals surface area contributed by atoms with Crippen molar-refractivity contribution >= 4 is 21.7 Å². The molecule has 1 saturated carbocycles. The van der Waals surface area contributed by atoms with Gasteiger partial charge in [-0.3, -0.25) is 0 Å². The zero-order valence-electron chi connectivity index (χ0n) is 7.91. The minimum atomic E-state index is 0.0347. The molecule has 1 atom stereocenters. The highest BCUT2D eigenvalue weighted by atomic mass is 79.9. The van der Waals surface area contributed by atoms with Crippen LogP contribution in [-0.4, -0.2) is 4.98 Å². The van der Waals surface area contributed by atoms with Gasteiger partial charge in [0.15, 0.2) is 0 Å². The summed E-state index contributed by atoms with van der Waals surface area (Å²) in [6.45, 7) is 0. The van der Waals surface area contributed by atoms with Crippen molar-refractivity contribution in [3.05, 3.63) is 22.3 Å². The van der Waals surface area contributed by atoms with Crippen LogP contribution in [0.3, 0.4) is 0 Å². The van der Waals surface area contributed by atoms with E-state index in [0.717, 1.165) is 22.4 Å². The standard InChI is InChI=1S/C10H14BrN3/c11-7-4-8(10(13)14-5-7)9(12)3-6-1-2-6/h4-6,9H,1-3,12H2,(H2,13,14). The predicted molar refractivity (Wildman–Crippen MR) is 60.6 cm³/mol. The first kappa shape index (κ1) is 9.93. The Morgan fingerprint density at radius 1 is 1.57 bits per heavy atom. The molecule has 1 fully saturated rings. The van der Waals surface area contributed by atoms with Gasteiger partial charge in [0.25, 0.3) is 0 Å². The molecule has 1 aliphatic rings. The van der Waals surface area contributed by atoms with Crippen LogP contribution in [0, 0.1) is 5.92 Å². The fourth-order valence-corrected chi connectivity index (χ4v) is 1.95. The van der Waals surface area contributed by atoms with E-state index in [1.807, 2.05) is 6.07 Å². The normalized spacial score (nSPS) is 18.1. The Bertz CT molecular complexity index is 336. The highest BCUT2D eigenvalue weighted by Gasteiger charge is 2.25. The summed E-state index contributed by atoms with van der Waals surface area (Å²) in [5.74, 6) is 1.37. The van der Waals surface area contributed by atoms with Crippen LogP contribution >= 0.6 is 15.9 Å². The second kappa shape index (κ2) is 3.87. The molecule has 0 radical (unpaired) electrons. The number of hydrogen-bond donors (Lipinski definition) is 2. The maximum absolute atomic E-state index is 6.06. The van der Waals surface area contributed by atoms with E-state index >= 15 is 0 Å². The second-order valence-electron chi connectivity index (χ2n) is 3.91. The van der Waals surface area contributed by atoms with Gasteiger partial charge in [0.05, 0.1) is 0 Å². The first-order valence-corrected chi connectivity index (χ1v) is 5.62. The molecule has 2 rings (SSSR count). The summed E-state index contributed by atoms with van der Waals surface area (Å²) in [4.78, 5) is 4.08. The third-order valence-corrected chi connectivity index (χ3v) is 3.03. The Morgan fingerprint density at radius 2 is 2.29 bits per heavy atom. The Labute approximate surface area is 92.0 Å². The number of anilines is 1. The van der Waals surface area contributed by atoms with Gasteiger partial charge in [-0.2, -0.15) is 0 Å². The van der Waals surface area contributed by atoms with Crippen LogP contribution in [0.15, 0.2) is 16.7 Å². The van der Waals surface area contributed by atoms with Crippen LogP contribution in [0.5, 0.6) is 0 Å². The zero-order valence-corrected chi connectivity index (χ0v) is 9.50. The Morgan fingerprint density at radius 3 is 2.93 bits per heavy atom. The third kappa shape index (κ3) is 2.25. The van der Waals surface area contributed by atoms with E-state index in [0.29, 0.717) is 5.82 Å². The monoisotopic (exact) mass is 255 g/mol. The zero-order chi connectivity index (χ0) is 10.1. The summed E-state index contributed by atoms with van der Waals surface area (Å²) >= 11 is 3.37. The van der Waals surface area contributed by atoms with E-state index in [9.17, 15) is 0 Å². The van der Waals surface area contributed by atoms with Gasteiger partial charge in [-0.05, 0) is 34.3 Å².